The molecule has 1 aromatic rings. The molecule has 2 saturated heterocycles. The maximum Gasteiger partial charge on any atom is 0.232 e. The van der Waals surface area contributed by atoms with Crippen molar-refractivity contribution < 1.29 is 4.79 Å². The quantitative estimate of drug-likeness (QED) is 0.856. The number of rotatable bonds is 1. The molecule has 4 heteroatoms. The molecule has 3 aliphatic rings. The second-order valence-electron chi connectivity index (χ2n) is 6.65. The van der Waals surface area contributed by atoms with Crippen LogP contribution in [0.1, 0.15) is 31.2 Å². The van der Waals surface area contributed by atoms with Gasteiger partial charge < -0.3 is 10.2 Å². The van der Waals surface area contributed by atoms with E-state index in [1.165, 1.54) is 24.9 Å². The highest BCUT2D eigenvalue weighted by Gasteiger charge is 2.40. The number of anilines is 1. The average Bonchev–Trinajstić information content (AvgIpc) is 3.11. The smallest absolute Gasteiger partial charge is 0.232 e. The zero-order chi connectivity index (χ0) is 14.4. The van der Waals surface area contributed by atoms with Crippen LogP contribution in [0.2, 0.25) is 0 Å². The van der Waals surface area contributed by atoms with Gasteiger partial charge in [0.2, 0.25) is 5.91 Å². The normalized spacial score (nSPS) is 31.7. The third-order valence-electron chi connectivity index (χ3n) is 5.35. The summed E-state index contributed by atoms with van der Waals surface area (Å²) in [5.74, 6) is 0.308. The summed E-state index contributed by atoms with van der Waals surface area (Å²) in [5, 5.41) is 3.37. The second-order valence-corrected chi connectivity index (χ2v) is 6.65. The van der Waals surface area contributed by atoms with Gasteiger partial charge in [-0.2, -0.15) is 0 Å². The summed E-state index contributed by atoms with van der Waals surface area (Å²) in [5.41, 5.74) is 2.30. The Morgan fingerprint density at radius 1 is 1.29 bits per heavy atom. The Balaban J connectivity index is 1.55. The van der Waals surface area contributed by atoms with Crippen LogP contribution in [0.15, 0.2) is 24.3 Å². The number of carbonyl (C=O) groups excluding carboxylic acids is 1. The van der Waals surface area contributed by atoms with E-state index < -0.39 is 0 Å². The SMILES string of the molecule is CC1CN2CCCC2CN1C(=O)C1CNc2ccccc21. The van der Waals surface area contributed by atoms with Crippen LogP contribution >= 0.6 is 0 Å². The van der Waals surface area contributed by atoms with E-state index in [-0.39, 0.29) is 5.92 Å². The van der Waals surface area contributed by atoms with E-state index in [9.17, 15) is 4.79 Å². The maximum atomic E-state index is 13.0. The highest BCUT2D eigenvalue weighted by molar-refractivity contribution is 5.88. The molecule has 0 saturated carbocycles. The Labute approximate surface area is 126 Å². The van der Waals surface area contributed by atoms with Crippen LogP contribution in [0.5, 0.6) is 0 Å². The van der Waals surface area contributed by atoms with Crippen molar-refractivity contribution >= 4 is 11.6 Å². The number of benzene rings is 1. The first-order valence-corrected chi connectivity index (χ1v) is 8.11. The summed E-state index contributed by atoms with van der Waals surface area (Å²) >= 11 is 0. The molecular formula is C17H23N3O. The lowest BCUT2D eigenvalue weighted by Crippen LogP contribution is -2.57. The molecule has 1 N–H and O–H groups in total. The number of hydrogen-bond acceptors (Lipinski definition) is 3. The predicted molar refractivity (Wildman–Crippen MR) is 83.4 cm³/mol. The number of nitrogens with zero attached hydrogens (tertiary/aromatic N) is 2. The van der Waals surface area contributed by atoms with Crippen molar-refractivity contribution in [3.05, 3.63) is 29.8 Å². The Morgan fingerprint density at radius 3 is 3.05 bits per heavy atom. The number of piperazine rings is 1. The van der Waals surface area contributed by atoms with Gasteiger partial charge >= 0.3 is 0 Å². The second kappa shape index (κ2) is 5.02. The van der Waals surface area contributed by atoms with Crippen molar-refractivity contribution in [2.75, 3.05) is 31.5 Å². The van der Waals surface area contributed by atoms with E-state index in [2.05, 4.69) is 34.2 Å². The first kappa shape index (κ1) is 13.1. The van der Waals surface area contributed by atoms with Gasteiger partial charge in [0.1, 0.15) is 0 Å². The largest absolute Gasteiger partial charge is 0.384 e. The zero-order valence-corrected chi connectivity index (χ0v) is 12.6. The summed E-state index contributed by atoms with van der Waals surface area (Å²) < 4.78 is 0. The fourth-order valence-electron chi connectivity index (χ4n) is 4.20. The topological polar surface area (TPSA) is 35.6 Å². The number of para-hydroxylation sites is 1. The molecule has 3 aliphatic heterocycles. The maximum absolute atomic E-state index is 13.0. The molecule has 0 aliphatic carbocycles. The van der Waals surface area contributed by atoms with Gasteiger partial charge in [0, 0.05) is 37.4 Å². The van der Waals surface area contributed by atoms with Gasteiger partial charge in [-0.3, -0.25) is 9.69 Å². The van der Waals surface area contributed by atoms with Gasteiger partial charge in [-0.1, -0.05) is 18.2 Å². The minimum absolute atomic E-state index is 0.00315. The molecule has 4 nitrogen and oxygen atoms in total. The number of carbonyl (C=O) groups is 1. The molecule has 0 radical (unpaired) electrons. The molecule has 4 rings (SSSR count). The lowest BCUT2D eigenvalue weighted by Gasteiger charge is -2.43. The minimum Gasteiger partial charge on any atom is -0.384 e. The van der Waals surface area contributed by atoms with Crippen LogP contribution < -0.4 is 5.32 Å². The van der Waals surface area contributed by atoms with E-state index in [4.69, 9.17) is 0 Å². The monoisotopic (exact) mass is 285 g/mol. The van der Waals surface area contributed by atoms with Gasteiger partial charge in [0.15, 0.2) is 0 Å². The number of nitrogens with one attached hydrogen (secondary N) is 1. The Bertz CT molecular complexity index is 559. The van der Waals surface area contributed by atoms with Crippen LogP contribution in [0.25, 0.3) is 0 Å². The van der Waals surface area contributed by atoms with Gasteiger partial charge in [-0.15, -0.1) is 0 Å². The molecule has 3 atom stereocenters. The number of fused-ring (bicyclic) bond motifs is 2. The Morgan fingerprint density at radius 2 is 2.14 bits per heavy atom. The van der Waals surface area contributed by atoms with Gasteiger partial charge in [-0.25, -0.2) is 0 Å². The molecule has 2 fully saturated rings. The van der Waals surface area contributed by atoms with E-state index in [0.717, 1.165) is 25.3 Å². The Hall–Kier alpha value is -1.55. The highest BCUT2D eigenvalue weighted by atomic mass is 16.2. The van der Waals surface area contributed by atoms with Crippen molar-refractivity contribution in [1.82, 2.24) is 9.80 Å². The van der Waals surface area contributed by atoms with Crippen molar-refractivity contribution in [3.63, 3.8) is 0 Å². The van der Waals surface area contributed by atoms with E-state index in [1.54, 1.807) is 0 Å². The predicted octanol–water partition coefficient (Wildman–Crippen LogP) is 1.89. The lowest BCUT2D eigenvalue weighted by molar-refractivity contribution is -0.138. The molecule has 0 bridgehead atoms. The van der Waals surface area contributed by atoms with Crippen LogP contribution in [-0.2, 0) is 4.79 Å². The molecule has 0 aromatic heterocycles. The Kier molecular flexibility index (Phi) is 3.14. The van der Waals surface area contributed by atoms with E-state index in [0.29, 0.717) is 18.0 Å². The van der Waals surface area contributed by atoms with Crippen LogP contribution in [0.3, 0.4) is 0 Å². The van der Waals surface area contributed by atoms with Gasteiger partial charge in [0.05, 0.1) is 5.92 Å². The minimum atomic E-state index is -0.00315. The van der Waals surface area contributed by atoms with Crippen molar-refractivity contribution in [2.24, 2.45) is 0 Å². The molecule has 21 heavy (non-hydrogen) atoms. The number of hydrogen-bond donors (Lipinski definition) is 1. The summed E-state index contributed by atoms with van der Waals surface area (Å²) in [4.78, 5) is 17.7. The fraction of sp³-hybridized carbons (Fsp3) is 0.588. The summed E-state index contributed by atoms with van der Waals surface area (Å²) in [6.45, 7) is 6.11. The average molecular weight is 285 g/mol. The molecule has 0 spiro atoms. The van der Waals surface area contributed by atoms with Crippen LogP contribution in [0.4, 0.5) is 5.69 Å². The number of amides is 1. The summed E-state index contributed by atoms with van der Waals surface area (Å²) in [6.07, 6.45) is 2.53. The molecule has 3 heterocycles. The summed E-state index contributed by atoms with van der Waals surface area (Å²) in [6, 6.07) is 9.15. The fourth-order valence-corrected chi connectivity index (χ4v) is 4.20. The van der Waals surface area contributed by atoms with Crippen LogP contribution in [-0.4, -0.2) is 54.0 Å². The van der Waals surface area contributed by atoms with E-state index >= 15 is 0 Å². The third kappa shape index (κ3) is 2.13. The third-order valence-corrected chi connectivity index (χ3v) is 5.35. The lowest BCUT2D eigenvalue weighted by atomic mass is 9.97. The zero-order valence-electron chi connectivity index (χ0n) is 12.6. The summed E-state index contributed by atoms with van der Waals surface area (Å²) in [7, 11) is 0. The molecular weight excluding hydrogens is 262 g/mol. The molecule has 1 aromatic carbocycles. The van der Waals surface area contributed by atoms with Gasteiger partial charge in [-0.05, 0) is 37.9 Å². The highest BCUT2D eigenvalue weighted by Crippen LogP contribution is 2.34. The molecule has 112 valence electrons. The first-order chi connectivity index (χ1) is 10.2. The van der Waals surface area contributed by atoms with Crippen LogP contribution in [0, 0.1) is 0 Å². The van der Waals surface area contributed by atoms with E-state index in [1.807, 2.05) is 12.1 Å². The molecule has 3 unspecified atom stereocenters. The molecule has 1 amide bonds. The first-order valence-electron chi connectivity index (χ1n) is 8.11. The van der Waals surface area contributed by atoms with Crippen molar-refractivity contribution in [3.8, 4) is 0 Å². The van der Waals surface area contributed by atoms with Crippen molar-refractivity contribution in [2.45, 2.75) is 37.8 Å². The van der Waals surface area contributed by atoms with Gasteiger partial charge in [0.25, 0.3) is 0 Å². The van der Waals surface area contributed by atoms with Crippen molar-refractivity contribution in [1.29, 1.82) is 0 Å². The standard InChI is InChI=1S/C17H23N3O/c1-12-10-19-8-4-5-13(19)11-20(12)17(21)15-9-18-16-7-3-2-6-14(15)16/h2-3,6-7,12-13,15,18H,4-5,8-11H2,1H3.